The van der Waals surface area contributed by atoms with Gasteiger partial charge in [-0.2, -0.15) is 0 Å². The summed E-state index contributed by atoms with van der Waals surface area (Å²) < 4.78 is 2.41. The minimum absolute atomic E-state index is 0.334. The molecule has 2 unspecified atom stereocenters. The summed E-state index contributed by atoms with van der Waals surface area (Å²) in [5.41, 5.74) is 12.2. The maximum absolute atomic E-state index is 2.56. The van der Waals surface area contributed by atoms with E-state index in [1.165, 1.54) is 82.7 Å². The van der Waals surface area contributed by atoms with Gasteiger partial charge in [-0.05, 0) is 111 Å². The van der Waals surface area contributed by atoms with Crippen molar-refractivity contribution in [3.8, 4) is 16.8 Å². The fourth-order valence-electron chi connectivity index (χ4n) is 9.53. The number of aromatic nitrogens is 1. The first-order chi connectivity index (χ1) is 28.8. The fourth-order valence-corrected chi connectivity index (χ4v) is 9.53. The molecule has 8 aromatic carbocycles. The second-order valence-electron chi connectivity index (χ2n) is 15.6. The molecule has 11 rings (SSSR count). The molecule has 2 aliphatic rings. The van der Waals surface area contributed by atoms with Gasteiger partial charge in [0, 0.05) is 33.4 Å². The second-order valence-corrected chi connectivity index (χ2v) is 15.6. The van der Waals surface area contributed by atoms with Crippen molar-refractivity contribution in [1.82, 2.24) is 4.57 Å². The lowest BCUT2D eigenvalue weighted by Crippen LogP contribution is -2.21. The van der Waals surface area contributed by atoms with Crippen molar-refractivity contribution in [2.75, 3.05) is 4.90 Å². The van der Waals surface area contributed by atoms with E-state index in [0.29, 0.717) is 11.8 Å². The molecule has 9 aromatic rings. The van der Waals surface area contributed by atoms with E-state index >= 15 is 0 Å². The Morgan fingerprint density at radius 2 is 1.12 bits per heavy atom. The van der Waals surface area contributed by atoms with Crippen LogP contribution in [0.15, 0.2) is 224 Å². The molecule has 2 aliphatic carbocycles. The lowest BCUT2D eigenvalue weighted by atomic mass is 9.79. The molecule has 2 atom stereocenters. The maximum atomic E-state index is 2.56. The average Bonchev–Trinajstić information content (AvgIpc) is 3.64. The molecular formula is C56H42N2. The van der Waals surface area contributed by atoms with Gasteiger partial charge in [0.25, 0.3) is 0 Å². The van der Waals surface area contributed by atoms with Gasteiger partial charge in [0.15, 0.2) is 0 Å². The van der Waals surface area contributed by atoms with Crippen LogP contribution in [0.5, 0.6) is 0 Å². The first kappa shape index (κ1) is 34.1. The zero-order valence-electron chi connectivity index (χ0n) is 32.2. The SMILES string of the molecule is C1=CC(c2cccc3c2c2ccccc2n3-c2ccccc2)=CC(C2C=C(N(c3ccc4c(ccc5ccccc54)c3)c3ccccc3-c3ccccc3)C=CC2)C1. The number of benzene rings is 8. The van der Waals surface area contributed by atoms with E-state index in [1.807, 2.05) is 0 Å². The minimum atomic E-state index is 0.334. The number of anilines is 2. The van der Waals surface area contributed by atoms with Gasteiger partial charge in [-0.25, -0.2) is 0 Å². The van der Waals surface area contributed by atoms with Crippen LogP contribution in [0.25, 0.3) is 65.7 Å². The Hall–Kier alpha value is -7.16. The monoisotopic (exact) mass is 742 g/mol. The van der Waals surface area contributed by atoms with Crippen LogP contribution in [0.1, 0.15) is 18.4 Å². The van der Waals surface area contributed by atoms with Gasteiger partial charge in [0.2, 0.25) is 0 Å². The molecule has 0 amide bonds. The van der Waals surface area contributed by atoms with E-state index < -0.39 is 0 Å². The predicted molar refractivity (Wildman–Crippen MR) is 247 cm³/mol. The van der Waals surface area contributed by atoms with E-state index in [1.54, 1.807) is 0 Å². The molecule has 2 nitrogen and oxygen atoms in total. The quantitative estimate of drug-likeness (QED) is 0.148. The number of allylic oxidation sites excluding steroid dienone is 7. The summed E-state index contributed by atoms with van der Waals surface area (Å²) in [6.45, 7) is 0. The summed E-state index contributed by atoms with van der Waals surface area (Å²) in [6, 6.07) is 66.3. The predicted octanol–water partition coefficient (Wildman–Crippen LogP) is 15.0. The molecule has 1 aromatic heterocycles. The number of fused-ring (bicyclic) bond motifs is 6. The number of hydrogen-bond donors (Lipinski definition) is 0. The molecule has 0 saturated heterocycles. The lowest BCUT2D eigenvalue weighted by molar-refractivity contribution is 0.476. The average molecular weight is 743 g/mol. The van der Waals surface area contributed by atoms with Crippen molar-refractivity contribution in [2.24, 2.45) is 11.8 Å². The summed E-state index contributed by atoms with van der Waals surface area (Å²) in [6.07, 6.45) is 16.6. The van der Waals surface area contributed by atoms with Crippen LogP contribution in [0, 0.1) is 11.8 Å². The smallest absolute Gasteiger partial charge is 0.0547 e. The summed E-state index contributed by atoms with van der Waals surface area (Å²) in [7, 11) is 0. The van der Waals surface area contributed by atoms with Gasteiger partial charge in [0.05, 0.1) is 16.7 Å². The first-order valence-corrected chi connectivity index (χ1v) is 20.5. The number of hydrogen-bond acceptors (Lipinski definition) is 1. The number of nitrogens with zero attached hydrogens (tertiary/aromatic N) is 2. The van der Waals surface area contributed by atoms with Gasteiger partial charge in [-0.15, -0.1) is 0 Å². The Kier molecular flexibility index (Phi) is 8.47. The van der Waals surface area contributed by atoms with Gasteiger partial charge in [-0.1, -0.05) is 170 Å². The van der Waals surface area contributed by atoms with E-state index in [4.69, 9.17) is 0 Å². The van der Waals surface area contributed by atoms with Crippen LogP contribution in [-0.4, -0.2) is 4.57 Å². The van der Waals surface area contributed by atoms with Crippen molar-refractivity contribution in [2.45, 2.75) is 12.8 Å². The normalized spacial score (nSPS) is 16.6. The molecule has 276 valence electrons. The van der Waals surface area contributed by atoms with Gasteiger partial charge in [-0.3, -0.25) is 0 Å². The number of para-hydroxylation sites is 3. The van der Waals surface area contributed by atoms with Crippen LogP contribution in [0.4, 0.5) is 11.4 Å². The first-order valence-electron chi connectivity index (χ1n) is 20.5. The van der Waals surface area contributed by atoms with E-state index in [0.717, 1.165) is 18.5 Å². The van der Waals surface area contributed by atoms with Crippen LogP contribution in [-0.2, 0) is 0 Å². The lowest BCUT2D eigenvalue weighted by Gasteiger charge is -2.33. The third-order valence-corrected chi connectivity index (χ3v) is 12.2. The van der Waals surface area contributed by atoms with Crippen LogP contribution in [0.2, 0.25) is 0 Å². The summed E-state index contributed by atoms with van der Waals surface area (Å²) in [4.78, 5) is 2.49. The largest absolute Gasteiger partial charge is 0.310 e. The Morgan fingerprint density at radius 1 is 0.466 bits per heavy atom. The van der Waals surface area contributed by atoms with E-state index in [-0.39, 0.29) is 0 Å². The Morgan fingerprint density at radius 3 is 2.00 bits per heavy atom. The van der Waals surface area contributed by atoms with E-state index in [2.05, 4.69) is 228 Å². The topological polar surface area (TPSA) is 8.17 Å². The molecule has 0 spiro atoms. The molecule has 0 radical (unpaired) electrons. The number of rotatable bonds is 7. The van der Waals surface area contributed by atoms with Gasteiger partial charge < -0.3 is 9.47 Å². The Balaban J connectivity index is 1.03. The second kappa shape index (κ2) is 14.4. The zero-order valence-corrected chi connectivity index (χ0v) is 32.2. The van der Waals surface area contributed by atoms with Crippen molar-refractivity contribution in [3.05, 3.63) is 230 Å². The maximum Gasteiger partial charge on any atom is 0.0547 e. The highest BCUT2D eigenvalue weighted by Crippen LogP contribution is 2.44. The molecule has 0 bridgehead atoms. The molecule has 0 fully saturated rings. The molecule has 0 aliphatic heterocycles. The zero-order chi connectivity index (χ0) is 38.4. The Labute approximate surface area is 339 Å². The van der Waals surface area contributed by atoms with Crippen LogP contribution < -0.4 is 4.90 Å². The molecule has 0 saturated carbocycles. The third-order valence-electron chi connectivity index (χ3n) is 12.2. The Bertz CT molecular complexity index is 3120. The molecule has 2 heteroatoms. The van der Waals surface area contributed by atoms with E-state index in [9.17, 15) is 0 Å². The standard InChI is InChI=1S/C56H42N2/c1-3-16-39(17-4-1)50-26-9-11-29-53(50)57(47-34-35-49-44(38-47)33-32-40-18-7-8-25-48(40)49)46-24-14-20-42(37-46)41-19-13-21-43(36-41)51-28-15-31-55-56(51)52-27-10-12-30-54(52)58(55)45-22-5-2-6-23-45/h1-18,21-38,41-42H,19-20H2. The van der Waals surface area contributed by atoms with Crippen LogP contribution >= 0.6 is 0 Å². The minimum Gasteiger partial charge on any atom is -0.310 e. The van der Waals surface area contributed by atoms with Gasteiger partial charge >= 0.3 is 0 Å². The molecular weight excluding hydrogens is 701 g/mol. The van der Waals surface area contributed by atoms with Crippen molar-refractivity contribution < 1.29 is 0 Å². The van der Waals surface area contributed by atoms with Crippen molar-refractivity contribution >= 4 is 60.3 Å². The van der Waals surface area contributed by atoms with Crippen molar-refractivity contribution in [3.63, 3.8) is 0 Å². The molecule has 58 heavy (non-hydrogen) atoms. The van der Waals surface area contributed by atoms with Gasteiger partial charge in [0.1, 0.15) is 0 Å². The highest BCUT2D eigenvalue weighted by Gasteiger charge is 2.26. The summed E-state index contributed by atoms with van der Waals surface area (Å²) >= 11 is 0. The molecule has 1 heterocycles. The summed E-state index contributed by atoms with van der Waals surface area (Å²) in [5, 5.41) is 7.66. The van der Waals surface area contributed by atoms with Crippen molar-refractivity contribution in [1.29, 1.82) is 0 Å². The third kappa shape index (κ3) is 5.88. The molecule has 0 N–H and O–H groups in total. The highest BCUT2D eigenvalue weighted by molar-refractivity contribution is 6.14. The fraction of sp³-hybridized carbons (Fsp3) is 0.0714. The summed E-state index contributed by atoms with van der Waals surface area (Å²) in [5.74, 6) is 0.687. The van der Waals surface area contributed by atoms with Crippen LogP contribution in [0.3, 0.4) is 0 Å². The highest BCUT2D eigenvalue weighted by atomic mass is 15.1.